The first-order chi connectivity index (χ1) is 9.26. The van der Waals surface area contributed by atoms with Gasteiger partial charge in [0.1, 0.15) is 5.69 Å². The molecule has 1 aromatic rings. The van der Waals surface area contributed by atoms with Gasteiger partial charge in [-0.15, -0.1) is 0 Å². The summed E-state index contributed by atoms with van der Waals surface area (Å²) in [7, 11) is 1.76. The Hall–Kier alpha value is -1.42. The van der Waals surface area contributed by atoms with Crippen molar-refractivity contribution < 1.29 is 9.53 Å². The molecule has 1 aromatic heterocycles. The van der Waals surface area contributed by atoms with Gasteiger partial charge in [0, 0.05) is 32.8 Å². The van der Waals surface area contributed by atoms with E-state index in [9.17, 15) is 4.79 Å². The highest BCUT2D eigenvalue weighted by atomic mass is 16.5. The first-order valence-corrected chi connectivity index (χ1v) is 7.02. The standard InChI is InChI=1S/C15H22N2O2/c1-3-5-14(18)15-13(6-4-9-16-15)17-10-7-12(19-2)8-11-17/h4,6,9,12H,3,5,7-8,10-11H2,1-2H3. The van der Waals surface area contributed by atoms with Crippen molar-refractivity contribution in [2.24, 2.45) is 0 Å². The average Bonchev–Trinajstić information content (AvgIpc) is 2.47. The fraction of sp³-hybridized carbons (Fsp3) is 0.600. The number of rotatable bonds is 5. The Morgan fingerprint density at radius 3 is 2.84 bits per heavy atom. The SMILES string of the molecule is CCCC(=O)c1ncccc1N1CCC(OC)CC1. The first-order valence-electron chi connectivity index (χ1n) is 7.02. The molecule has 0 N–H and O–H groups in total. The van der Waals surface area contributed by atoms with Crippen molar-refractivity contribution in [2.45, 2.75) is 38.7 Å². The lowest BCUT2D eigenvalue weighted by atomic mass is 10.0. The van der Waals surface area contributed by atoms with Crippen molar-refractivity contribution in [1.29, 1.82) is 0 Å². The molecule has 0 aliphatic carbocycles. The van der Waals surface area contributed by atoms with Crippen LogP contribution < -0.4 is 4.90 Å². The van der Waals surface area contributed by atoms with E-state index < -0.39 is 0 Å². The highest BCUT2D eigenvalue weighted by Crippen LogP contribution is 2.24. The molecule has 2 heterocycles. The number of ether oxygens (including phenoxy) is 1. The van der Waals surface area contributed by atoms with Gasteiger partial charge in [-0.2, -0.15) is 0 Å². The minimum Gasteiger partial charge on any atom is -0.381 e. The molecule has 104 valence electrons. The van der Waals surface area contributed by atoms with Crippen LogP contribution in [0, 0.1) is 0 Å². The van der Waals surface area contributed by atoms with Gasteiger partial charge in [-0.05, 0) is 31.4 Å². The van der Waals surface area contributed by atoms with E-state index in [1.54, 1.807) is 13.3 Å². The van der Waals surface area contributed by atoms with Gasteiger partial charge >= 0.3 is 0 Å². The van der Waals surface area contributed by atoms with Crippen molar-refractivity contribution in [3.8, 4) is 0 Å². The largest absolute Gasteiger partial charge is 0.381 e. The summed E-state index contributed by atoms with van der Waals surface area (Å²) in [4.78, 5) is 18.7. The molecule has 2 rings (SSSR count). The van der Waals surface area contributed by atoms with E-state index in [1.165, 1.54) is 0 Å². The summed E-state index contributed by atoms with van der Waals surface area (Å²) >= 11 is 0. The number of carbonyl (C=O) groups is 1. The van der Waals surface area contributed by atoms with Crippen molar-refractivity contribution in [1.82, 2.24) is 4.98 Å². The molecule has 0 bridgehead atoms. The number of nitrogens with zero attached hydrogens (tertiary/aromatic N) is 2. The third-order valence-electron chi connectivity index (χ3n) is 3.64. The first kappa shape index (κ1) is 14.0. The van der Waals surface area contributed by atoms with Crippen LogP contribution in [0.25, 0.3) is 0 Å². The molecule has 1 aliphatic rings. The molecule has 0 saturated carbocycles. The number of pyridine rings is 1. The summed E-state index contributed by atoms with van der Waals surface area (Å²) in [6.45, 7) is 3.87. The lowest BCUT2D eigenvalue weighted by Gasteiger charge is -2.33. The number of ketones is 1. The van der Waals surface area contributed by atoms with E-state index in [2.05, 4.69) is 9.88 Å². The van der Waals surface area contributed by atoms with E-state index in [4.69, 9.17) is 4.74 Å². The minimum atomic E-state index is 0.145. The van der Waals surface area contributed by atoms with Crippen LogP contribution in [-0.4, -0.2) is 37.1 Å². The molecule has 0 amide bonds. The summed E-state index contributed by atoms with van der Waals surface area (Å²) in [6, 6.07) is 3.91. The van der Waals surface area contributed by atoms with Crippen molar-refractivity contribution in [2.75, 3.05) is 25.1 Å². The third kappa shape index (κ3) is 3.32. The lowest BCUT2D eigenvalue weighted by molar-refractivity contribution is 0.0818. The number of hydrogen-bond acceptors (Lipinski definition) is 4. The summed E-state index contributed by atoms with van der Waals surface area (Å²) < 4.78 is 5.38. The Morgan fingerprint density at radius 1 is 1.47 bits per heavy atom. The molecular weight excluding hydrogens is 240 g/mol. The Kier molecular flexibility index (Phi) is 4.91. The second kappa shape index (κ2) is 6.66. The van der Waals surface area contributed by atoms with Gasteiger partial charge in [0.25, 0.3) is 0 Å². The van der Waals surface area contributed by atoms with Gasteiger partial charge in [-0.25, -0.2) is 0 Å². The quantitative estimate of drug-likeness (QED) is 0.765. The molecule has 0 atom stereocenters. The second-order valence-corrected chi connectivity index (χ2v) is 4.97. The third-order valence-corrected chi connectivity index (χ3v) is 3.64. The summed E-state index contributed by atoms with van der Waals surface area (Å²) in [5.41, 5.74) is 1.61. The monoisotopic (exact) mass is 262 g/mol. The van der Waals surface area contributed by atoms with Crippen LogP contribution in [0.5, 0.6) is 0 Å². The summed E-state index contributed by atoms with van der Waals surface area (Å²) in [5, 5.41) is 0. The van der Waals surface area contributed by atoms with Crippen LogP contribution in [0.4, 0.5) is 5.69 Å². The average molecular weight is 262 g/mol. The second-order valence-electron chi connectivity index (χ2n) is 4.97. The number of aromatic nitrogens is 1. The van der Waals surface area contributed by atoms with Crippen LogP contribution in [0.3, 0.4) is 0 Å². The van der Waals surface area contributed by atoms with E-state index in [1.807, 2.05) is 19.1 Å². The zero-order valence-electron chi connectivity index (χ0n) is 11.8. The van der Waals surface area contributed by atoms with Gasteiger partial charge in [0.2, 0.25) is 0 Å². The van der Waals surface area contributed by atoms with Crippen LogP contribution in [0.15, 0.2) is 18.3 Å². The molecule has 19 heavy (non-hydrogen) atoms. The van der Waals surface area contributed by atoms with Gasteiger partial charge < -0.3 is 9.64 Å². The summed E-state index contributed by atoms with van der Waals surface area (Å²) in [5.74, 6) is 0.145. The maximum atomic E-state index is 12.1. The molecular formula is C15H22N2O2. The Labute approximate surface area is 114 Å². The number of hydrogen-bond donors (Lipinski definition) is 0. The zero-order chi connectivity index (χ0) is 13.7. The number of piperidine rings is 1. The minimum absolute atomic E-state index is 0.145. The van der Waals surface area contributed by atoms with Gasteiger partial charge in [-0.3, -0.25) is 9.78 Å². The van der Waals surface area contributed by atoms with Crippen LogP contribution in [0.2, 0.25) is 0 Å². The molecule has 0 radical (unpaired) electrons. The van der Waals surface area contributed by atoms with Crippen LogP contribution >= 0.6 is 0 Å². The molecule has 1 fully saturated rings. The van der Waals surface area contributed by atoms with Gasteiger partial charge in [0.15, 0.2) is 5.78 Å². The predicted octanol–water partition coefficient (Wildman–Crippen LogP) is 2.68. The maximum absolute atomic E-state index is 12.1. The number of carbonyl (C=O) groups excluding carboxylic acids is 1. The van der Waals surface area contributed by atoms with Crippen molar-refractivity contribution in [3.05, 3.63) is 24.0 Å². The fourth-order valence-corrected chi connectivity index (χ4v) is 2.54. The molecule has 0 aromatic carbocycles. The molecule has 1 saturated heterocycles. The van der Waals surface area contributed by atoms with E-state index in [0.29, 0.717) is 18.2 Å². The van der Waals surface area contributed by atoms with Crippen molar-refractivity contribution >= 4 is 11.5 Å². The fourth-order valence-electron chi connectivity index (χ4n) is 2.54. The Balaban J connectivity index is 2.14. The Bertz CT molecular complexity index is 426. The molecule has 0 unspecified atom stereocenters. The highest BCUT2D eigenvalue weighted by Gasteiger charge is 2.22. The van der Waals surface area contributed by atoms with Gasteiger partial charge in [0.05, 0.1) is 11.8 Å². The molecule has 1 aliphatic heterocycles. The predicted molar refractivity (Wildman–Crippen MR) is 75.7 cm³/mol. The summed E-state index contributed by atoms with van der Waals surface area (Å²) in [6.07, 6.45) is 5.50. The van der Waals surface area contributed by atoms with E-state index in [-0.39, 0.29) is 5.78 Å². The smallest absolute Gasteiger partial charge is 0.183 e. The topological polar surface area (TPSA) is 42.4 Å². The number of Topliss-reactive ketones (excluding diaryl/α,β-unsaturated/α-hetero) is 1. The van der Waals surface area contributed by atoms with E-state index in [0.717, 1.165) is 38.0 Å². The highest BCUT2D eigenvalue weighted by molar-refractivity contribution is 5.99. The lowest BCUT2D eigenvalue weighted by Crippen LogP contribution is -2.37. The molecule has 0 spiro atoms. The van der Waals surface area contributed by atoms with E-state index >= 15 is 0 Å². The van der Waals surface area contributed by atoms with Crippen molar-refractivity contribution in [3.63, 3.8) is 0 Å². The van der Waals surface area contributed by atoms with Crippen LogP contribution in [0.1, 0.15) is 43.1 Å². The number of methoxy groups -OCH3 is 1. The van der Waals surface area contributed by atoms with Gasteiger partial charge in [-0.1, -0.05) is 6.92 Å². The number of anilines is 1. The maximum Gasteiger partial charge on any atom is 0.183 e. The Morgan fingerprint density at radius 2 is 2.21 bits per heavy atom. The molecule has 4 nitrogen and oxygen atoms in total. The zero-order valence-corrected chi connectivity index (χ0v) is 11.8. The normalized spacial score (nSPS) is 16.6. The van der Waals surface area contributed by atoms with Crippen LogP contribution in [-0.2, 0) is 4.74 Å². The molecule has 4 heteroatoms.